The van der Waals surface area contributed by atoms with E-state index >= 15 is 0 Å². The van der Waals surface area contributed by atoms with E-state index in [0.717, 1.165) is 30.5 Å². The number of ether oxygens (including phenoxy) is 2. The largest absolute Gasteiger partial charge is 0.497 e. The van der Waals surface area contributed by atoms with Gasteiger partial charge in [-0.15, -0.1) is 24.0 Å². The summed E-state index contributed by atoms with van der Waals surface area (Å²) < 4.78 is 11.1. The quantitative estimate of drug-likeness (QED) is 0.325. The van der Waals surface area contributed by atoms with Crippen molar-refractivity contribution >= 4 is 29.9 Å². The molecule has 0 saturated carbocycles. The van der Waals surface area contributed by atoms with Crippen molar-refractivity contribution in [3.8, 4) is 11.5 Å². The minimum absolute atomic E-state index is 0. The molecule has 0 spiro atoms. The van der Waals surface area contributed by atoms with Crippen molar-refractivity contribution in [1.82, 2.24) is 15.5 Å². The van der Waals surface area contributed by atoms with E-state index in [1.54, 1.807) is 14.2 Å². The lowest BCUT2D eigenvalue weighted by Gasteiger charge is -2.29. The number of rotatable bonds is 9. The zero-order chi connectivity index (χ0) is 18.9. The van der Waals surface area contributed by atoms with Crippen molar-refractivity contribution < 1.29 is 9.47 Å². The van der Waals surface area contributed by atoms with Gasteiger partial charge < -0.3 is 25.0 Å². The van der Waals surface area contributed by atoms with E-state index in [4.69, 9.17) is 9.47 Å². The first-order valence-corrected chi connectivity index (χ1v) is 8.65. The summed E-state index contributed by atoms with van der Waals surface area (Å²) in [5, 5.41) is 6.70. The summed E-state index contributed by atoms with van der Waals surface area (Å²) in [6, 6.07) is 7.63. The van der Waals surface area contributed by atoms with Gasteiger partial charge in [-0.3, -0.25) is 4.99 Å². The van der Waals surface area contributed by atoms with Crippen molar-refractivity contribution in [2.75, 3.05) is 47.9 Å². The maximum absolute atomic E-state index is 5.92. The highest BCUT2D eigenvalue weighted by Crippen LogP contribution is 2.19. The highest BCUT2D eigenvalue weighted by molar-refractivity contribution is 14.0. The molecule has 150 valence electrons. The standard InChI is InChI=1S/C19H34N4O2.HI/c1-15(25-17-10-8-9-16(11-17)24-7)12-21-18(20-4)22-13-19(2,3)14-23(5)6;/h8-11,15H,12-14H2,1-7H3,(H2,20,21,22);1H. The van der Waals surface area contributed by atoms with E-state index in [2.05, 4.69) is 48.5 Å². The van der Waals surface area contributed by atoms with Crippen LogP contribution in [0.4, 0.5) is 0 Å². The molecule has 0 saturated heterocycles. The fourth-order valence-corrected chi connectivity index (χ4v) is 2.64. The maximum atomic E-state index is 5.92. The normalized spacial score (nSPS) is 13.0. The van der Waals surface area contributed by atoms with Crippen LogP contribution in [0.3, 0.4) is 0 Å². The summed E-state index contributed by atoms with van der Waals surface area (Å²) in [7, 11) is 7.61. The fraction of sp³-hybridized carbons (Fsp3) is 0.632. The average molecular weight is 478 g/mol. The van der Waals surface area contributed by atoms with Crippen LogP contribution in [0.5, 0.6) is 11.5 Å². The van der Waals surface area contributed by atoms with Crippen molar-refractivity contribution in [2.24, 2.45) is 10.4 Å². The Morgan fingerprint density at radius 3 is 2.46 bits per heavy atom. The third kappa shape index (κ3) is 10.1. The van der Waals surface area contributed by atoms with Crippen LogP contribution in [-0.4, -0.2) is 64.9 Å². The second-order valence-electron chi connectivity index (χ2n) is 7.32. The highest BCUT2D eigenvalue weighted by Gasteiger charge is 2.19. The molecule has 0 aromatic heterocycles. The van der Waals surface area contributed by atoms with Gasteiger partial charge in [-0.2, -0.15) is 0 Å². The molecule has 0 heterocycles. The molecule has 0 fully saturated rings. The van der Waals surface area contributed by atoms with Crippen molar-refractivity contribution in [3.63, 3.8) is 0 Å². The van der Waals surface area contributed by atoms with Crippen LogP contribution < -0.4 is 20.1 Å². The predicted octanol–water partition coefficient (Wildman–Crippen LogP) is 2.83. The van der Waals surface area contributed by atoms with E-state index < -0.39 is 0 Å². The molecule has 0 radical (unpaired) electrons. The first-order valence-electron chi connectivity index (χ1n) is 8.65. The number of hydrogen-bond acceptors (Lipinski definition) is 4. The topological polar surface area (TPSA) is 58.1 Å². The molecular formula is C19H35IN4O2. The summed E-state index contributed by atoms with van der Waals surface area (Å²) in [5.74, 6) is 2.37. The van der Waals surface area contributed by atoms with Gasteiger partial charge in [-0.1, -0.05) is 19.9 Å². The van der Waals surface area contributed by atoms with Gasteiger partial charge in [0.05, 0.1) is 13.7 Å². The molecular weight excluding hydrogens is 443 g/mol. The third-order valence-electron chi connectivity index (χ3n) is 3.64. The Labute approximate surface area is 175 Å². The van der Waals surface area contributed by atoms with Crippen molar-refractivity contribution in [2.45, 2.75) is 26.9 Å². The van der Waals surface area contributed by atoms with Gasteiger partial charge in [0.2, 0.25) is 0 Å². The zero-order valence-corrected chi connectivity index (χ0v) is 19.5. The van der Waals surface area contributed by atoms with Crippen LogP contribution in [0.15, 0.2) is 29.3 Å². The first-order chi connectivity index (χ1) is 11.8. The van der Waals surface area contributed by atoms with E-state index in [-0.39, 0.29) is 35.5 Å². The molecule has 2 N–H and O–H groups in total. The Hall–Kier alpha value is -1.22. The lowest BCUT2D eigenvalue weighted by Crippen LogP contribution is -2.46. The number of nitrogens with zero attached hydrogens (tertiary/aromatic N) is 2. The number of halogens is 1. The van der Waals surface area contributed by atoms with E-state index in [1.807, 2.05) is 31.2 Å². The summed E-state index contributed by atoms with van der Waals surface area (Å²) in [5.41, 5.74) is 0.157. The van der Waals surface area contributed by atoms with E-state index in [0.29, 0.717) is 6.54 Å². The number of hydrogen-bond donors (Lipinski definition) is 2. The Morgan fingerprint density at radius 1 is 1.23 bits per heavy atom. The molecule has 26 heavy (non-hydrogen) atoms. The van der Waals surface area contributed by atoms with Crippen LogP contribution in [0.25, 0.3) is 0 Å². The molecule has 1 atom stereocenters. The van der Waals surface area contributed by atoms with Crippen LogP contribution in [0.2, 0.25) is 0 Å². The minimum atomic E-state index is 0. The molecule has 1 aromatic carbocycles. The van der Waals surface area contributed by atoms with Gasteiger partial charge in [-0.25, -0.2) is 0 Å². The van der Waals surface area contributed by atoms with Crippen molar-refractivity contribution in [1.29, 1.82) is 0 Å². The molecule has 1 aromatic rings. The third-order valence-corrected chi connectivity index (χ3v) is 3.64. The van der Waals surface area contributed by atoms with Gasteiger partial charge >= 0.3 is 0 Å². The summed E-state index contributed by atoms with van der Waals surface area (Å²) >= 11 is 0. The summed E-state index contributed by atoms with van der Waals surface area (Å²) in [6.45, 7) is 9.01. The Balaban J connectivity index is 0.00000625. The van der Waals surface area contributed by atoms with Gasteiger partial charge in [0.15, 0.2) is 5.96 Å². The molecule has 6 nitrogen and oxygen atoms in total. The van der Waals surface area contributed by atoms with Crippen LogP contribution in [0, 0.1) is 5.41 Å². The Kier molecular flexibility index (Phi) is 11.6. The van der Waals surface area contributed by atoms with Crippen LogP contribution in [-0.2, 0) is 0 Å². The molecule has 0 bridgehead atoms. The van der Waals surface area contributed by atoms with Crippen LogP contribution in [0.1, 0.15) is 20.8 Å². The number of nitrogens with one attached hydrogen (secondary N) is 2. The summed E-state index contributed by atoms with van der Waals surface area (Å²) in [4.78, 5) is 6.48. The Bertz CT molecular complexity index is 550. The molecule has 0 aliphatic heterocycles. The fourth-order valence-electron chi connectivity index (χ4n) is 2.64. The van der Waals surface area contributed by atoms with Gasteiger partial charge in [-0.05, 0) is 38.6 Å². The Morgan fingerprint density at radius 2 is 1.88 bits per heavy atom. The number of methoxy groups -OCH3 is 1. The predicted molar refractivity (Wildman–Crippen MR) is 120 cm³/mol. The monoisotopic (exact) mass is 478 g/mol. The van der Waals surface area contributed by atoms with Gasteiger partial charge in [0.1, 0.15) is 17.6 Å². The maximum Gasteiger partial charge on any atom is 0.191 e. The highest BCUT2D eigenvalue weighted by atomic mass is 127. The summed E-state index contributed by atoms with van der Waals surface area (Å²) in [6.07, 6.45) is 0.000409. The molecule has 1 rings (SSSR count). The molecule has 0 aliphatic rings. The SMILES string of the molecule is CN=C(NCC(C)Oc1cccc(OC)c1)NCC(C)(C)CN(C)C.I. The second kappa shape index (κ2) is 12.2. The molecule has 1 unspecified atom stereocenters. The number of guanidine groups is 1. The van der Waals surface area contributed by atoms with Gasteiger partial charge in [0, 0.05) is 26.2 Å². The smallest absolute Gasteiger partial charge is 0.191 e. The lowest BCUT2D eigenvalue weighted by atomic mass is 9.93. The molecule has 0 aliphatic carbocycles. The van der Waals surface area contributed by atoms with Crippen molar-refractivity contribution in [3.05, 3.63) is 24.3 Å². The lowest BCUT2D eigenvalue weighted by molar-refractivity contribution is 0.221. The minimum Gasteiger partial charge on any atom is -0.497 e. The first kappa shape index (κ1) is 24.8. The average Bonchev–Trinajstić information content (AvgIpc) is 2.54. The zero-order valence-electron chi connectivity index (χ0n) is 17.1. The van der Waals surface area contributed by atoms with E-state index in [1.165, 1.54) is 0 Å². The second-order valence-corrected chi connectivity index (χ2v) is 7.32. The van der Waals surface area contributed by atoms with E-state index in [9.17, 15) is 0 Å². The van der Waals surface area contributed by atoms with Gasteiger partial charge in [0.25, 0.3) is 0 Å². The molecule has 0 amide bonds. The number of benzene rings is 1. The van der Waals surface area contributed by atoms with Crippen LogP contribution >= 0.6 is 24.0 Å². The molecule has 7 heteroatoms. The number of aliphatic imine (C=N–C) groups is 1.